The monoisotopic (exact) mass is 278 g/mol. The zero-order chi connectivity index (χ0) is 14.5. The second kappa shape index (κ2) is 6.75. The maximum atomic E-state index is 11.2. The molecule has 1 fully saturated rings. The predicted octanol–water partition coefficient (Wildman–Crippen LogP) is 3.10. The minimum absolute atomic E-state index is 0.0585. The first-order valence-electron chi connectivity index (χ1n) is 7.11. The van der Waals surface area contributed by atoms with Gasteiger partial charge in [-0.1, -0.05) is 25.5 Å². The molecule has 20 heavy (non-hydrogen) atoms. The molecule has 4 nitrogen and oxygen atoms in total. The molecule has 1 N–H and O–H groups in total. The molecule has 0 aliphatic heterocycles. The van der Waals surface area contributed by atoms with E-state index in [4.69, 9.17) is 9.47 Å². The molecule has 1 aliphatic carbocycles. The summed E-state index contributed by atoms with van der Waals surface area (Å²) >= 11 is 0. The molecule has 0 saturated heterocycles. The highest BCUT2D eigenvalue weighted by atomic mass is 16.5. The van der Waals surface area contributed by atoms with E-state index < -0.39 is 5.97 Å². The Hall–Kier alpha value is -1.55. The van der Waals surface area contributed by atoms with Crippen LogP contribution in [-0.4, -0.2) is 24.3 Å². The number of carbonyl (C=O) groups is 1. The lowest BCUT2D eigenvalue weighted by Crippen LogP contribution is -2.17. The van der Waals surface area contributed by atoms with Crippen LogP contribution in [0.2, 0.25) is 0 Å². The van der Waals surface area contributed by atoms with Crippen LogP contribution in [0.1, 0.15) is 31.7 Å². The number of hydrogen-bond acceptors (Lipinski definition) is 3. The minimum Gasteiger partial charge on any atom is -0.497 e. The van der Waals surface area contributed by atoms with Crippen molar-refractivity contribution in [1.29, 1.82) is 0 Å². The van der Waals surface area contributed by atoms with Gasteiger partial charge in [0.1, 0.15) is 5.75 Å². The van der Waals surface area contributed by atoms with Crippen LogP contribution < -0.4 is 4.74 Å². The highest BCUT2D eigenvalue weighted by Crippen LogP contribution is 2.36. The van der Waals surface area contributed by atoms with Crippen LogP contribution in [0.15, 0.2) is 24.3 Å². The lowest BCUT2D eigenvalue weighted by atomic mass is 9.94. The maximum Gasteiger partial charge on any atom is 0.306 e. The molecule has 1 saturated carbocycles. The number of rotatable bonds is 6. The van der Waals surface area contributed by atoms with Crippen LogP contribution in [0.3, 0.4) is 0 Å². The van der Waals surface area contributed by atoms with Crippen molar-refractivity contribution >= 4 is 5.97 Å². The van der Waals surface area contributed by atoms with Gasteiger partial charge in [-0.15, -0.1) is 0 Å². The average molecular weight is 278 g/mol. The number of hydrogen-bond donors (Lipinski definition) is 1. The molecule has 0 radical (unpaired) electrons. The molecule has 0 bridgehead atoms. The summed E-state index contributed by atoms with van der Waals surface area (Å²) in [6, 6.07) is 7.75. The molecule has 1 aromatic rings. The standard InChI is InChI=1S/C16H22O4/c1-3-12-8-14(9-15(12)16(17)18)20-10-11-4-6-13(19-2)7-5-11/h4-7,12,14-15H,3,8-10H2,1-2H3,(H,17,18)/t12-,14+,15-/m1/s1. The lowest BCUT2D eigenvalue weighted by molar-refractivity contribution is -0.143. The SMILES string of the molecule is CC[C@@H]1C[C@H](OCc2ccc(OC)cc2)C[C@H]1C(=O)O. The van der Waals surface area contributed by atoms with Crippen LogP contribution >= 0.6 is 0 Å². The number of aliphatic carboxylic acids is 1. The molecule has 2 rings (SSSR count). The molecular formula is C16H22O4. The van der Waals surface area contributed by atoms with E-state index in [9.17, 15) is 9.90 Å². The Kier molecular flexibility index (Phi) is 5.01. The van der Waals surface area contributed by atoms with Gasteiger partial charge in [0, 0.05) is 0 Å². The quantitative estimate of drug-likeness (QED) is 0.868. The Morgan fingerprint density at radius 1 is 1.30 bits per heavy atom. The van der Waals surface area contributed by atoms with Crippen LogP contribution in [-0.2, 0) is 16.1 Å². The zero-order valence-electron chi connectivity index (χ0n) is 12.0. The van der Waals surface area contributed by atoms with Gasteiger partial charge in [0.25, 0.3) is 0 Å². The summed E-state index contributed by atoms with van der Waals surface area (Å²) in [5.74, 6) is 0.133. The number of methoxy groups -OCH3 is 1. The summed E-state index contributed by atoms with van der Waals surface area (Å²) in [6.07, 6.45) is 2.44. The van der Waals surface area contributed by atoms with Crippen molar-refractivity contribution < 1.29 is 19.4 Å². The maximum absolute atomic E-state index is 11.2. The number of ether oxygens (including phenoxy) is 2. The van der Waals surface area contributed by atoms with E-state index in [0.29, 0.717) is 13.0 Å². The van der Waals surface area contributed by atoms with Crippen molar-refractivity contribution in [1.82, 2.24) is 0 Å². The molecule has 4 heteroatoms. The van der Waals surface area contributed by atoms with Gasteiger partial charge in [-0.3, -0.25) is 4.79 Å². The Morgan fingerprint density at radius 2 is 2.00 bits per heavy atom. The largest absolute Gasteiger partial charge is 0.497 e. The third-order valence-corrected chi connectivity index (χ3v) is 4.14. The van der Waals surface area contributed by atoms with E-state index in [2.05, 4.69) is 0 Å². The predicted molar refractivity (Wildman–Crippen MR) is 75.7 cm³/mol. The average Bonchev–Trinajstić information content (AvgIpc) is 2.89. The second-order valence-corrected chi connectivity index (χ2v) is 5.37. The third kappa shape index (κ3) is 3.51. The normalized spacial score (nSPS) is 25.6. The van der Waals surface area contributed by atoms with E-state index >= 15 is 0 Å². The first-order valence-corrected chi connectivity index (χ1v) is 7.11. The second-order valence-electron chi connectivity index (χ2n) is 5.37. The van der Waals surface area contributed by atoms with Gasteiger partial charge in [0.2, 0.25) is 0 Å². The van der Waals surface area contributed by atoms with Crippen molar-refractivity contribution in [2.45, 2.75) is 38.9 Å². The van der Waals surface area contributed by atoms with Crippen molar-refractivity contribution in [3.63, 3.8) is 0 Å². The molecule has 0 amide bonds. The van der Waals surface area contributed by atoms with E-state index in [1.807, 2.05) is 31.2 Å². The first-order chi connectivity index (χ1) is 9.63. The molecular weight excluding hydrogens is 256 g/mol. The van der Waals surface area contributed by atoms with Gasteiger partial charge in [0.05, 0.1) is 25.7 Å². The van der Waals surface area contributed by atoms with E-state index in [1.165, 1.54) is 0 Å². The summed E-state index contributed by atoms with van der Waals surface area (Å²) in [6.45, 7) is 2.57. The minimum atomic E-state index is -0.688. The number of carboxylic acid groups (broad SMARTS) is 1. The smallest absolute Gasteiger partial charge is 0.306 e. The summed E-state index contributed by atoms with van der Waals surface area (Å²) in [7, 11) is 1.64. The fourth-order valence-corrected chi connectivity index (χ4v) is 2.90. The van der Waals surface area contributed by atoms with Crippen LogP contribution in [0.4, 0.5) is 0 Å². The molecule has 1 aliphatic rings. The van der Waals surface area contributed by atoms with E-state index in [1.54, 1.807) is 7.11 Å². The van der Waals surface area contributed by atoms with Crippen LogP contribution in [0, 0.1) is 11.8 Å². The van der Waals surface area contributed by atoms with Crippen molar-refractivity contribution in [3.8, 4) is 5.75 Å². The van der Waals surface area contributed by atoms with Crippen molar-refractivity contribution in [2.75, 3.05) is 7.11 Å². The fraction of sp³-hybridized carbons (Fsp3) is 0.562. The Morgan fingerprint density at radius 3 is 2.50 bits per heavy atom. The van der Waals surface area contributed by atoms with Crippen molar-refractivity contribution in [2.24, 2.45) is 11.8 Å². The summed E-state index contributed by atoms with van der Waals surface area (Å²) in [4.78, 5) is 11.2. The highest BCUT2D eigenvalue weighted by molar-refractivity contribution is 5.70. The number of benzene rings is 1. The van der Waals surface area contributed by atoms with Gasteiger partial charge in [-0.05, 0) is 36.5 Å². The molecule has 110 valence electrons. The molecule has 1 aromatic carbocycles. The molecule has 0 heterocycles. The van der Waals surface area contributed by atoms with Crippen LogP contribution in [0.25, 0.3) is 0 Å². The molecule has 0 unspecified atom stereocenters. The lowest BCUT2D eigenvalue weighted by Gasteiger charge is -2.12. The van der Waals surface area contributed by atoms with Crippen molar-refractivity contribution in [3.05, 3.63) is 29.8 Å². The van der Waals surface area contributed by atoms with Crippen LogP contribution in [0.5, 0.6) is 5.75 Å². The van der Waals surface area contributed by atoms with Gasteiger partial charge in [0.15, 0.2) is 0 Å². The molecule has 0 spiro atoms. The van der Waals surface area contributed by atoms with E-state index in [-0.39, 0.29) is 17.9 Å². The highest BCUT2D eigenvalue weighted by Gasteiger charge is 2.38. The molecule has 3 atom stereocenters. The van der Waals surface area contributed by atoms with Gasteiger partial charge >= 0.3 is 5.97 Å². The Bertz CT molecular complexity index is 440. The Balaban J connectivity index is 1.86. The summed E-state index contributed by atoms with van der Waals surface area (Å²) in [5, 5.41) is 9.21. The van der Waals surface area contributed by atoms with Gasteiger partial charge in [-0.2, -0.15) is 0 Å². The number of carboxylic acids is 1. The van der Waals surface area contributed by atoms with Gasteiger partial charge in [-0.25, -0.2) is 0 Å². The third-order valence-electron chi connectivity index (χ3n) is 4.14. The fourth-order valence-electron chi connectivity index (χ4n) is 2.90. The Labute approximate surface area is 119 Å². The summed E-state index contributed by atoms with van der Waals surface area (Å²) < 4.78 is 11.0. The van der Waals surface area contributed by atoms with Gasteiger partial charge < -0.3 is 14.6 Å². The van der Waals surface area contributed by atoms with E-state index in [0.717, 1.165) is 24.2 Å². The zero-order valence-corrected chi connectivity index (χ0v) is 12.0. The first kappa shape index (κ1) is 14.9. The summed E-state index contributed by atoms with van der Waals surface area (Å²) in [5.41, 5.74) is 1.08. The molecule has 0 aromatic heterocycles. The topological polar surface area (TPSA) is 55.8 Å².